The topological polar surface area (TPSA) is 68.9 Å². The minimum Gasteiger partial charge on any atom is -0.354 e. The van der Waals surface area contributed by atoms with E-state index in [2.05, 4.69) is 43.9 Å². The van der Waals surface area contributed by atoms with Crippen molar-refractivity contribution in [2.75, 3.05) is 31.6 Å². The van der Waals surface area contributed by atoms with Crippen LogP contribution in [0.2, 0.25) is 0 Å². The summed E-state index contributed by atoms with van der Waals surface area (Å²) < 4.78 is 0. The summed E-state index contributed by atoms with van der Waals surface area (Å²) in [6.45, 7) is 3.77. The molecule has 2 aromatic heterocycles. The van der Waals surface area contributed by atoms with Crippen LogP contribution in [0.4, 0.5) is 5.82 Å². The van der Waals surface area contributed by atoms with E-state index in [1.165, 1.54) is 5.56 Å². The van der Waals surface area contributed by atoms with E-state index >= 15 is 0 Å². The van der Waals surface area contributed by atoms with E-state index in [9.17, 15) is 0 Å². The highest BCUT2D eigenvalue weighted by Gasteiger charge is 2.26. The summed E-state index contributed by atoms with van der Waals surface area (Å²) in [5.41, 5.74) is 1.64. The largest absolute Gasteiger partial charge is 0.354 e. The Labute approximate surface area is 136 Å². The number of rotatable bonds is 5. The van der Waals surface area contributed by atoms with Gasteiger partial charge in [0.2, 0.25) is 0 Å². The van der Waals surface area contributed by atoms with Crippen LogP contribution in [0.1, 0.15) is 17.7 Å². The van der Waals surface area contributed by atoms with Gasteiger partial charge in [-0.3, -0.25) is 4.98 Å². The lowest BCUT2D eigenvalue weighted by Gasteiger charge is -2.22. The lowest BCUT2D eigenvalue weighted by molar-refractivity contribution is 0.279. The van der Waals surface area contributed by atoms with Crippen molar-refractivity contribution in [3.05, 3.63) is 48.2 Å². The molecule has 0 N–H and O–H groups in total. The van der Waals surface area contributed by atoms with Crippen molar-refractivity contribution < 1.29 is 0 Å². The summed E-state index contributed by atoms with van der Waals surface area (Å²) in [7, 11) is 2.14. The molecular weight excluding hydrogens is 288 g/mol. The Bertz CT molecular complexity index is 681. The Morgan fingerprint density at radius 1 is 1.35 bits per heavy atom. The molecule has 0 bridgehead atoms. The van der Waals surface area contributed by atoms with Gasteiger partial charge in [0.1, 0.15) is 6.07 Å². The molecule has 2 aromatic rings. The molecule has 0 aromatic carbocycles. The molecule has 0 amide bonds. The molecule has 1 saturated heterocycles. The summed E-state index contributed by atoms with van der Waals surface area (Å²) in [5, 5.41) is 9.16. The van der Waals surface area contributed by atoms with E-state index in [4.69, 9.17) is 5.26 Å². The second-order valence-electron chi connectivity index (χ2n) is 6.00. The van der Waals surface area contributed by atoms with Crippen LogP contribution in [-0.4, -0.2) is 46.5 Å². The molecule has 23 heavy (non-hydrogen) atoms. The van der Waals surface area contributed by atoms with E-state index in [0.717, 1.165) is 32.6 Å². The second-order valence-corrected chi connectivity index (χ2v) is 6.00. The molecule has 6 nitrogen and oxygen atoms in total. The molecule has 0 aliphatic carbocycles. The van der Waals surface area contributed by atoms with Gasteiger partial charge >= 0.3 is 0 Å². The third kappa shape index (κ3) is 3.82. The molecular formula is C17H20N6. The molecule has 1 atom stereocenters. The van der Waals surface area contributed by atoms with Gasteiger partial charge in [0.05, 0.1) is 0 Å². The predicted molar refractivity (Wildman–Crippen MR) is 87.6 cm³/mol. The van der Waals surface area contributed by atoms with E-state index in [1.54, 1.807) is 18.6 Å². The Kier molecular flexibility index (Phi) is 4.79. The monoisotopic (exact) mass is 308 g/mol. The number of aromatic nitrogens is 3. The van der Waals surface area contributed by atoms with Gasteiger partial charge < -0.3 is 9.80 Å². The van der Waals surface area contributed by atoms with Crippen LogP contribution in [0.15, 0.2) is 36.9 Å². The molecule has 0 saturated carbocycles. The fraction of sp³-hybridized carbons (Fsp3) is 0.412. The summed E-state index contributed by atoms with van der Waals surface area (Å²) >= 11 is 0. The maximum absolute atomic E-state index is 9.16. The van der Waals surface area contributed by atoms with Gasteiger partial charge in [-0.1, -0.05) is 6.07 Å². The van der Waals surface area contributed by atoms with Crippen LogP contribution in [0, 0.1) is 17.2 Å². The molecule has 6 heteroatoms. The molecule has 1 aliphatic heterocycles. The molecule has 1 unspecified atom stereocenters. The smallest absolute Gasteiger partial charge is 0.183 e. The zero-order valence-electron chi connectivity index (χ0n) is 13.3. The number of nitrogens with zero attached hydrogens (tertiary/aromatic N) is 6. The van der Waals surface area contributed by atoms with Gasteiger partial charge in [0.25, 0.3) is 0 Å². The van der Waals surface area contributed by atoms with Crippen molar-refractivity contribution in [1.82, 2.24) is 19.9 Å². The third-order valence-electron chi connectivity index (χ3n) is 4.12. The van der Waals surface area contributed by atoms with Crippen LogP contribution in [0.25, 0.3) is 0 Å². The van der Waals surface area contributed by atoms with Crippen LogP contribution in [0.5, 0.6) is 0 Å². The number of anilines is 1. The van der Waals surface area contributed by atoms with Gasteiger partial charge in [-0.2, -0.15) is 5.26 Å². The van der Waals surface area contributed by atoms with Crippen LogP contribution < -0.4 is 4.90 Å². The highest BCUT2D eigenvalue weighted by Crippen LogP contribution is 2.24. The molecule has 0 spiro atoms. The average molecular weight is 308 g/mol. The number of hydrogen-bond donors (Lipinski definition) is 0. The normalized spacial score (nSPS) is 17.4. The van der Waals surface area contributed by atoms with Crippen molar-refractivity contribution >= 4 is 5.82 Å². The zero-order chi connectivity index (χ0) is 16.1. The van der Waals surface area contributed by atoms with Crippen molar-refractivity contribution in [3.63, 3.8) is 0 Å². The molecule has 118 valence electrons. The lowest BCUT2D eigenvalue weighted by Crippen LogP contribution is -2.28. The number of hydrogen-bond acceptors (Lipinski definition) is 6. The fourth-order valence-corrected chi connectivity index (χ4v) is 3.12. The van der Waals surface area contributed by atoms with Gasteiger partial charge in [-0.15, -0.1) is 0 Å². The molecule has 3 heterocycles. The van der Waals surface area contributed by atoms with Crippen LogP contribution >= 0.6 is 0 Å². The number of pyridine rings is 1. The molecule has 0 radical (unpaired) electrons. The van der Waals surface area contributed by atoms with Crippen molar-refractivity contribution in [3.8, 4) is 6.07 Å². The second kappa shape index (κ2) is 7.16. The lowest BCUT2D eigenvalue weighted by atomic mass is 10.1. The Balaban J connectivity index is 1.57. The van der Waals surface area contributed by atoms with Crippen molar-refractivity contribution in [1.29, 1.82) is 5.26 Å². The Morgan fingerprint density at radius 3 is 3.00 bits per heavy atom. The highest BCUT2D eigenvalue weighted by molar-refractivity contribution is 5.50. The minimum absolute atomic E-state index is 0.414. The average Bonchev–Trinajstić information content (AvgIpc) is 3.03. The zero-order valence-corrected chi connectivity index (χ0v) is 13.3. The molecule has 3 rings (SSSR count). The maximum Gasteiger partial charge on any atom is 0.183 e. The third-order valence-corrected chi connectivity index (χ3v) is 4.12. The van der Waals surface area contributed by atoms with Crippen molar-refractivity contribution in [2.24, 2.45) is 5.92 Å². The first kappa shape index (κ1) is 15.4. The van der Waals surface area contributed by atoms with Crippen LogP contribution in [-0.2, 0) is 6.54 Å². The van der Waals surface area contributed by atoms with Gasteiger partial charge in [0, 0.05) is 51.0 Å². The SMILES string of the molecule is CN(Cc1cccnc1)CC1CCN(c2nccnc2C#N)C1. The van der Waals surface area contributed by atoms with Gasteiger partial charge in [-0.05, 0) is 31.0 Å². The quantitative estimate of drug-likeness (QED) is 0.837. The molecule has 1 aliphatic rings. The highest BCUT2D eigenvalue weighted by atomic mass is 15.2. The Morgan fingerprint density at radius 2 is 2.22 bits per heavy atom. The predicted octanol–water partition coefficient (Wildman–Crippen LogP) is 1.70. The van der Waals surface area contributed by atoms with Gasteiger partial charge in [-0.25, -0.2) is 9.97 Å². The number of nitriles is 1. The van der Waals surface area contributed by atoms with E-state index in [0.29, 0.717) is 17.4 Å². The fourth-order valence-electron chi connectivity index (χ4n) is 3.12. The van der Waals surface area contributed by atoms with Crippen molar-refractivity contribution in [2.45, 2.75) is 13.0 Å². The first-order chi connectivity index (χ1) is 11.3. The minimum atomic E-state index is 0.414. The van der Waals surface area contributed by atoms with E-state index < -0.39 is 0 Å². The molecule has 1 fully saturated rings. The summed E-state index contributed by atoms with van der Waals surface area (Å²) in [6, 6.07) is 6.20. The van der Waals surface area contributed by atoms with E-state index in [1.807, 2.05) is 12.3 Å². The standard InChI is InChI=1S/C17H20N6/c1-22(11-14-3-2-5-19-10-14)12-15-4-8-23(13-15)17-16(9-18)20-6-7-21-17/h2-3,5-7,10,15H,4,8,11-13H2,1H3. The first-order valence-corrected chi connectivity index (χ1v) is 7.79. The van der Waals surface area contributed by atoms with Gasteiger partial charge in [0.15, 0.2) is 11.5 Å². The summed E-state index contributed by atoms with van der Waals surface area (Å²) in [6.07, 6.45) is 8.04. The van der Waals surface area contributed by atoms with Crippen LogP contribution in [0.3, 0.4) is 0 Å². The summed E-state index contributed by atoms with van der Waals surface area (Å²) in [4.78, 5) is 17.1. The first-order valence-electron chi connectivity index (χ1n) is 7.79. The van der Waals surface area contributed by atoms with E-state index in [-0.39, 0.29) is 0 Å². The summed E-state index contributed by atoms with van der Waals surface area (Å²) in [5.74, 6) is 1.29. The maximum atomic E-state index is 9.16. The Hall–Kier alpha value is -2.52.